The molecule has 3 aliphatic carbocycles. The van der Waals surface area contributed by atoms with Gasteiger partial charge >= 0.3 is 0 Å². The first-order chi connectivity index (χ1) is 11.8. The molecule has 0 bridgehead atoms. The van der Waals surface area contributed by atoms with Crippen LogP contribution >= 0.6 is 0 Å². The van der Waals surface area contributed by atoms with Gasteiger partial charge in [-0.2, -0.15) is 0 Å². The Morgan fingerprint density at radius 3 is 2.52 bits per heavy atom. The van der Waals surface area contributed by atoms with Gasteiger partial charge in [-0.05, 0) is 85.4 Å². The number of hydrogen-bond donors (Lipinski definition) is 1. The summed E-state index contributed by atoms with van der Waals surface area (Å²) in [5.41, 5.74) is 0.760. The Balaban J connectivity index is 1.61. The van der Waals surface area contributed by atoms with Gasteiger partial charge in [0.25, 0.3) is 0 Å². The number of carbonyl (C=O) groups excluding carboxylic acids is 1. The van der Waals surface area contributed by atoms with E-state index < -0.39 is 0 Å². The molecule has 0 spiro atoms. The third kappa shape index (κ3) is 2.37. The summed E-state index contributed by atoms with van der Waals surface area (Å²) < 4.78 is 0. The molecule has 0 aromatic carbocycles. The van der Waals surface area contributed by atoms with Crippen LogP contribution in [0.3, 0.4) is 0 Å². The average molecular weight is 348 g/mol. The van der Waals surface area contributed by atoms with Crippen LogP contribution in [0.4, 0.5) is 0 Å². The summed E-state index contributed by atoms with van der Waals surface area (Å²) in [5, 5.41) is 9.74. The zero-order valence-electron chi connectivity index (χ0n) is 16.6. The van der Waals surface area contributed by atoms with E-state index in [1.165, 1.54) is 38.5 Å². The number of carbonyl (C=O) groups is 1. The minimum Gasteiger partial charge on any atom is -0.396 e. The topological polar surface area (TPSA) is 40.5 Å². The predicted octanol–water partition coefficient (Wildman–Crippen LogP) is 4.09. The first-order valence-electron chi connectivity index (χ1n) is 10.7. The van der Waals surface area contributed by atoms with E-state index in [9.17, 15) is 9.90 Å². The Labute approximate surface area is 153 Å². The van der Waals surface area contributed by atoms with Gasteiger partial charge in [-0.25, -0.2) is 0 Å². The SMILES string of the molecule is C[C@@H](CO)[C@H]1CC[C@H]2[C@@H]3CC[C@H]4N(C)C(=O)CC[C@]4(C)[C@H]3CC[C@]12C. The molecule has 1 N–H and O–H groups in total. The molecule has 142 valence electrons. The lowest BCUT2D eigenvalue weighted by molar-refractivity contribution is -0.159. The first-order valence-corrected chi connectivity index (χ1v) is 10.7. The van der Waals surface area contributed by atoms with Crippen LogP contribution in [0.2, 0.25) is 0 Å². The highest BCUT2D eigenvalue weighted by atomic mass is 16.3. The molecule has 3 heteroatoms. The summed E-state index contributed by atoms with van der Waals surface area (Å²) in [6.07, 6.45) is 9.69. The van der Waals surface area contributed by atoms with Crippen LogP contribution in [0, 0.1) is 40.4 Å². The standard InChI is InChI=1S/C22H37NO2/c1-14(13-24)16-6-7-17-15-5-8-19-22(3,12-10-20(25)23(19)4)18(15)9-11-21(16,17)2/h14-19,24H,5-13H2,1-4H3/t14-,15-,16+,17-,18-,19+,21+,22+/m0/s1. The number of hydrogen-bond acceptors (Lipinski definition) is 2. The van der Waals surface area contributed by atoms with Crippen LogP contribution in [0.1, 0.15) is 72.1 Å². The summed E-state index contributed by atoms with van der Waals surface area (Å²) in [5.74, 6) is 3.98. The van der Waals surface area contributed by atoms with Crippen molar-refractivity contribution in [3.63, 3.8) is 0 Å². The summed E-state index contributed by atoms with van der Waals surface area (Å²) in [6.45, 7) is 7.64. The van der Waals surface area contributed by atoms with E-state index >= 15 is 0 Å². The summed E-state index contributed by atoms with van der Waals surface area (Å²) in [4.78, 5) is 14.3. The lowest BCUT2D eigenvalue weighted by Crippen LogP contribution is -2.61. The summed E-state index contributed by atoms with van der Waals surface area (Å²) >= 11 is 0. The van der Waals surface area contributed by atoms with Crippen molar-refractivity contribution in [2.24, 2.45) is 40.4 Å². The highest BCUT2D eigenvalue weighted by Gasteiger charge is 2.61. The van der Waals surface area contributed by atoms with Crippen LogP contribution in [-0.4, -0.2) is 35.6 Å². The highest BCUT2D eigenvalue weighted by Crippen LogP contribution is 2.67. The molecule has 1 heterocycles. The Kier molecular flexibility index (Phi) is 4.26. The van der Waals surface area contributed by atoms with E-state index in [1.807, 2.05) is 7.05 Å². The second kappa shape index (κ2) is 5.97. The zero-order valence-corrected chi connectivity index (χ0v) is 16.6. The lowest BCUT2D eigenvalue weighted by Gasteiger charge is -2.62. The maximum atomic E-state index is 12.2. The van der Waals surface area contributed by atoms with Crippen LogP contribution < -0.4 is 0 Å². The highest BCUT2D eigenvalue weighted by molar-refractivity contribution is 5.77. The van der Waals surface area contributed by atoms with Crippen molar-refractivity contribution in [2.75, 3.05) is 13.7 Å². The second-order valence-corrected chi connectivity index (χ2v) is 10.4. The van der Waals surface area contributed by atoms with Gasteiger partial charge in [0, 0.05) is 26.1 Å². The van der Waals surface area contributed by atoms with Crippen molar-refractivity contribution in [2.45, 2.75) is 78.2 Å². The zero-order chi connectivity index (χ0) is 18.0. The van der Waals surface area contributed by atoms with Gasteiger partial charge in [0.05, 0.1) is 0 Å². The molecule has 25 heavy (non-hydrogen) atoms. The van der Waals surface area contributed by atoms with Crippen LogP contribution in [0.15, 0.2) is 0 Å². The van der Waals surface area contributed by atoms with E-state index in [0.29, 0.717) is 41.2 Å². The maximum Gasteiger partial charge on any atom is 0.222 e. The van der Waals surface area contributed by atoms with Crippen molar-refractivity contribution in [1.29, 1.82) is 0 Å². The molecule has 0 unspecified atom stereocenters. The Bertz CT molecular complexity index is 548. The van der Waals surface area contributed by atoms with Gasteiger partial charge in [0.15, 0.2) is 0 Å². The molecule has 0 radical (unpaired) electrons. The average Bonchev–Trinajstić information content (AvgIpc) is 2.95. The molecular formula is C22H37NO2. The van der Waals surface area contributed by atoms with Crippen LogP contribution in [0.25, 0.3) is 0 Å². The van der Waals surface area contributed by atoms with Crippen molar-refractivity contribution in [1.82, 2.24) is 4.90 Å². The first kappa shape index (κ1) is 17.8. The number of piperidine rings is 1. The molecule has 1 amide bonds. The number of nitrogens with zero attached hydrogens (tertiary/aromatic N) is 1. The minimum atomic E-state index is 0.327. The molecule has 4 rings (SSSR count). The molecule has 0 aromatic heterocycles. The molecule has 4 aliphatic rings. The van der Waals surface area contributed by atoms with E-state index in [0.717, 1.165) is 30.6 Å². The third-order valence-electron chi connectivity index (χ3n) is 9.61. The minimum absolute atomic E-state index is 0.327. The number of aliphatic hydroxyl groups is 1. The molecule has 3 saturated carbocycles. The van der Waals surface area contributed by atoms with Crippen LogP contribution in [0.5, 0.6) is 0 Å². The molecule has 8 atom stereocenters. The number of aliphatic hydroxyl groups excluding tert-OH is 1. The Hall–Kier alpha value is -0.570. The van der Waals surface area contributed by atoms with Crippen molar-refractivity contribution in [3.05, 3.63) is 0 Å². The van der Waals surface area contributed by atoms with Crippen molar-refractivity contribution in [3.8, 4) is 0 Å². The van der Waals surface area contributed by atoms with E-state index in [-0.39, 0.29) is 0 Å². The van der Waals surface area contributed by atoms with Gasteiger partial charge in [0.1, 0.15) is 0 Å². The van der Waals surface area contributed by atoms with Gasteiger partial charge in [-0.1, -0.05) is 20.8 Å². The summed E-state index contributed by atoms with van der Waals surface area (Å²) in [7, 11) is 2.05. The van der Waals surface area contributed by atoms with Gasteiger partial charge in [-0.3, -0.25) is 4.79 Å². The Morgan fingerprint density at radius 2 is 1.80 bits per heavy atom. The molecule has 0 aromatic rings. The van der Waals surface area contributed by atoms with Gasteiger partial charge < -0.3 is 10.0 Å². The summed E-state index contributed by atoms with van der Waals surface area (Å²) in [6, 6.07) is 0.466. The normalized spacial score (nSPS) is 50.8. The molecule has 1 aliphatic heterocycles. The lowest BCUT2D eigenvalue weighted by atomic mass is 9.46. The monoisotopic (exact) mass is 347 g/mol. The Morgan fingerprint density at radius 1 is 1.08 bits per heavy atom. The largest absolute Gasteiger partial charge is 0.396 e. The fourth-order valence-corrected chi connectivity index (χ4v) is 8.25. The van der Waals surface area contributed by atoms with Gasteiger partial charge in [-0.15, -0.1) is 0 Å². The fraction of sp³-hybridized carbons (Fsp3) is 0.955. The maximum absolute atomic E-state index is 12.2. The fourth-order valence-electron chi connectivity index (χ4n) is 8.25. The number of likely N-dealkylation sites (tertiary alicyclic amines) is 1. The molecule has 4 fully saturated rings. The van der Waals surface area contributed by atoms with Crippen LogP contribution in [-0.2, 0) is 4.79 Å². The molecule has 3 nitrogen and oxygen atoms in total. The predicted molar refractivity (Wildman–Crippen MR) is 99.9 cm³/mol. The quantitative estimate of drug-likeness (QED) is 0.817. The molecular weight excluding hydrogens is 310 g/mol. The number of rotatable bonds is 2. The van der Waals surface area contributed by atoms with Crippen molar-refractivity contribution >= 4 is 5.91 Å². The smallest absolute Gasteiger partial charge is 0.222 e. The molecule has 1 saturated heterocycles. The third-order valence-corrected chi connectivity index (χ3v) is 9.61. The van der Waals surface area contributed by atoms with Crippen molar-refractivity contribution < 1.29 is 9.90 Å². The number of fused-ring (bicyclic) bond motifs is 5. The van der Waals surface area contributed by atoms with E-state index in [4.69, 9.17) is 0 Å². The van der Waals surface area contributed by atoms with E-state index in [2.05, 4.69) is 25.7 Å². The second-order valence-electron chi connectivity index (χ2n) is 10.4. The van der Waals surface area contributed by atoms with Gasteiger partial charge in [0.2, 0.25) is 5.91 Å². The van der Waals surface area contributed by atoms with E-state index in [1.54, 1.807) is 0 Å². The number of amides is 1.